The number of pyridine rings is 2. The van der Waals surface area contributed by atoms with Crippen LogP contribution < -0.4 is 5.73 Å². The normalized spacial score (nSPS) is 10.9. The highest BCUT2D eigenvalue weighted by Gasteiger charge is 2.09. The van der Waals surface area contributed by atoms with Crippen LogP contribution in [0.25, 0.3) is 10.9 Å². The first-order valence-electron chi connectivity index (χ1n) is 5.41. The Balaban J connectivity index is 2.04. The van der Waals surface area contributed by atoms with Crippen molar-refractivity contribution in [1.82, 2.24) is 19.7 Å². The second-order valence-corrected chi connectivity index (χ2v) is 4.76. The van der Waals surface area contributed by atoms with Gasteiger partial charge in [-0.1, -0.05) is 6.07 Å². The molecule has 3 aromatic rings. The molecule has 90 valence electrons. The van der Waals surface area contributed by atoms with Crippen LogP contribution in [0.2, 0.25) is 0 Å². The van der Waals surface area contributed by atoms with Gasteiger partial charge in [-0.05, 0) is 28.1 Å². The summed E-state index contributed by atoms with van der Waals surface area (Å²) < 4.78 is 2.70. The zero-order chi connectivity index (χ0) is 12.5. The first kappa shape index (κ1) is 11.2. The summed E-state index contributed by atoms with van der Waals surface area (Å²) in [4.78, 5) is 8.34. The van der Waals surface area contributed by atoms with Crippen molar-refractivity contribution in [3.63, 3.8) is 0 Å². The summed E-state index contributed by atoms with van der Waals surface area (Å²) in [5, 5.41) is 5.38. The molecule has 18 heavy (non-hydrogen) atoms. The summed E-state index contributed by atoms with van der Waals surface area (Å²) in [5.41, 5.74) is 7.47. The fourth-order valence-electron chi connectivity index (χ4n) is 1.78. The average Bonchev–Trinajstić information content (AvgIpc) is 2.80. The summed E-state index contributed by atoms with van der Waals surface area (Å²) in [6.45, 7) is 0.612. The van der Waals surface area contributed by atoms with Crippen LogP contribution in [-0.2, 0) is 6.54 Å². The number of nitrogens with zero attached hydrogens (tertiary/aromatic N) is 4. The van der Waals surface area contributed by atoms with Crippen molar-refractivity contribution in [2.45, 2.75) is 6.54 Å². The SMILES string of the molecule is Nc1ncc(Br)c2cn(Cc3ccccn3)nc12. The molecule has 0 saturated heterocycles. The molecule has 3 heterocycles. The van der Waals surface area contributed by atoms with E-state index in [9.17, 15) is 0 Å². The summed E-state index contributed by atoms with van der Waals surface area (Å²) in [5.74, 6) is 0.438. The van der Waals surface area contributed by atoms with E-state index in [4.69, 9.17) is 5.73 Å². The Morgan fingerprint density at radius 2 is 2.17 bits per heavy atom. The highest BCUT2D eigenvalue weighted by atomic mass is 79.9. The molecule has 3 rings (SSSR count). The molecule has 2 N–H and O–H groups in total. The number of halogens is 1. The smallest absolute Gasteiger partial charge is 0.151 e. The average molecular weight is 304 g/mol. The van der Waals surface area contributed by atoms with E-state index in [1.807, 2.05) is 29.1 Å². The maximum Gasteiger partial charge on any atom is 0.151 e. The van der Waals surface area contributed by atoms with Crippen LogP contribution in [0, 0.1) is 0 Å². The van der Waals surface area contributed by atoms with Crippen molar-refractivity contribution in [1.29, 1.82) is 0 Å². The van der Waals surface area contributed by atoms with Gasteiger partial charge in [-0.3, -0.25) is 9.67 Å². The second kappa shape index (κ2) is 4.38. The van der Waals surface area contributed by atoms with Crippen LogP contribution in [0.5, 0.6) is 0 Å². The van der Waals surface area contributed by atoms with Crippen LogP contribution in [0.15, 0.2) is 41.3 Å². The number of nitrogens with two attached hydrogens (primary N) is 1. The van der Waals surface area contributed by atoms with Gasteiger partial charge in [0.25, 0.3) is 0 Å². The van der Waals surface area contributed by atoms with Crippen molar-refractivity contribution in [3.05, 3.63) is 47.0 Å². The number of aromatic nitrogens is 4. The molecule has 0 aliphatic rings. The Labute approximate surface area is 112 Å². The van der Waals surface area contributed by atoms with E-state index < -0.39 is 0 Å². The molecule has 0 fully saturated rings. The minimum absolute atomic E-state index is 0.438. The molecule has 0 aromatic carbocycles. The Bertz CT molecular complexity index is 653. The molecule has 3 aromatic heterocycles. The van der Waals surface area contributed by atoms with E-state index in [-0.39, 0.29) is 0 Å². The number of anilines is 1. The number of hydrogen-bond acceptors (Lipinski definition) is 4. The van der Waals surface area contributed by atoms with E-state index in [2.05, 4.69) is 31.0 Å². The van der Waals surface area contributed by atoms with E-state index in [1.165, 1.54) is 0 Å². The van der Waals surface area contributed by atoms with E-state index >= 15 is 0 Å². The third-order valence-corrected chi connectivity index (χ3v) is 3.26. The van der Waals surface area contributed by atoms with Gasteiger partial charge in [0.1, 0.15) is 5.52 Å². The van der Waals surface area contributed by atoms with Crippen molar-refractivity contribution in [3.8, 4) is 0 Å². The van der Waals surface area contributed by atoms with Gasteiger partial charge < -0.3 is 5.73 Å². The fourth-order valence-corrected chi connectivity index (χ4v) is 2.17. The third kappa shape index (κ3) is 1.95. The van der Waals surface area contributed by atoms with Gasteiger partial charge in [0.15, 0.2) is 5.82 Å². The molecule has 0 aliphatic carbocycles. The van der Waals surface area contributed by atoms with Crippen LogP contribution in [0.1, 0.15) is 5.69 Å². The van der Waals surface area contributed by atoms with E-state index in [1.54, 1.807) is 12.4 Å². The minimum atomic E-state index is 0.438. The van der Waals surface area contributed by atoms with Crippen LogP contribution in [0.3, 0.4) is 0 Å². The minimum Gasteiger partial charge on any atom is -0.382 e. The van der Waals surface area contributed by atoms with Crippen LogP contribution in [-0.4, -0.2) is 19.7 Å². The van der Waals surface area contributed by atoms with Crippen LogP contribution in [0.4, 0.5) is 5.82 Å². The number of hydrogen-bond donors (Lipinski definition) is 1. The molecule has 0 unspecified atom stereocenters. The lowest BCUT2D eigenvalue weighted by Crippen LogP contribution is -2.01. The summed E-state index contributed by atoms with van der Waals surface area (Å²) in [6.07, 6.45) is 5.39. The Kier molecular flexibility index (Phi) is 2.71. The maximum atomic E-state index is 5.81. The molecule has 6 heteroatoms. The van der Waals surface area contributed by atoms with E-state index in [0.717, 1.165) is 15.6 Å². The van der Waals surface area contributed by atoms with Crippen molar-refractivity contribution in [2.24, 2.45) is 0 Å². The van der Waals surface area contributed by atoms with Crippen molar-refractivity contribution < 1.29 is 0 Å². The van der Waals surface area contributed by atoms with Gasteiger partial charge in [-0.15, -0.1) is 0 Å². The standard InChI is InChI=1S/C12H10BrN5/c13-10-5-16-12(14)11-9(10)7-18(17-11)6-8-3-1-2-4-15-8/h1-5,7H,6H2,(H2,14,16). The van der Waals surface area contributed by atoms with E-state index in [0.29, 0.717) is 17.9 Å². The molecule has 5 nitrogen and oxygen atoms in total. The van der Waals surface area contributed by atoms with Gasteiger partial charge in [-0.25, -0.2) is 4.98 Å². The molecule has 0 spiro atoms. The number of fused-ring (bicyclic) bond motifs is 1. The fraction of sp³-hybridized carbons (Fsp3) is 0.0833. The van der Waals surface area contributed by atoms with Gasteiger partial charge in [0.05, 0.1) is 12.2 Å². The number of rotatable bonds is 2. The molecule has 0 aliphatic heterocycles. The molecule has 0 saturated carbocycles. The topological polar surface area (TPSA) is 69.6 Å². The van der Waals surface area contributed by atoms with Crippen LogP contribution >= 0.6 is 15.9 Å². The van der Waals surface area contributed by atoms with Crippen molar-refractivity contribution >= 4 is 32.7 Å². The lowest BCUT2D eigenvalue weighted by molar-refractivity contribution is 0.681. The first-order valence-corrected chi connectivity index (χ1v) is 6.20. The lowest BCUT2D eigenvalue weighted by Gasteiger charge is -1.99. The zero-order valence-corrected chi connectivity index (χ0v) is 11.0. The third-order valence-electron chi connectivity index (χ3n) is 2.63. The maximum absolute atomic E-state index is 5.81. The van der Waals surface area contributed by atoms with Gasteiger partial charge in [0.2, 0.25) is 0 Å². The molecule has 0 atom stereocenters. The number of nitrogen functional groups attached to an aromatic ring is 1. The van der Waals surface area contributed by atoms with Crippen molar-refractivity contribution in [2.75, 3.05) is 5.73 Å². The Morgan fingerprint density at radius 1 is 1.28 bits per heavy atom. The highest BCUT2D eigenvalue weighted by molar-refractivity contribution is 9.10. The Hall–Kier alpha value is -1.95. The largest absolute Gasteiger partial charge is 0.382 e. The second-order valence-electron chi connectivity index (χ2n) is 3.90. The first-order chi connectivity index (χ1) is 8.74. The quantitative estimate of drug-likeness (QED) is 0.788. The summed E-state index contributed by atoms with van der Waals surface area (Å²) >= 11 is 3.44. The highest BCUT2D eigenvalue weighted by Crippen LogP contribution is 2.25. The predicted octanol–water partition coefficient (Wildman–Crippen LogP) is 2.22. The van der Waals surface area contributed by atoms with Gasteiger partial charge in [0, 0.05) is 28.4 Å². The molecular weight excluding hydrogens is 294 g/mol. The molecule has 0 radical (unpaired) electrons. The Morgan fingerprint density at radius 3 is 2.89 bits per heavy atom. The monoisotopic (exact) mass is 303 g/mol. The summed E-state index contributed by atoms with van der Waals surface area (Å²) in [7, 11) is 0. The lowest BCUT2D eigenvalue weighted by atomic mass is 10.3. The molecular formula is C12H10BrN5. The molecule has 0 amide bonds. The zero-order valence-electron chi connectivity index (χ0n) is 9.42. The molecule has 0 bridgehead atoms. The predicted molar refractivity (Wildman–Crippen MR) is 73.0 cm³/mol. The van der Waals surface area contributed by atoms with Gasteiger partial charge >= 0.3 is 0 Å². The van der Waals surface area contributed by atoms with Gasteiger partial charge in [-0.2, -0.15) is 5.10 Å². The summed E-state index contributed by atoms with van der Waals surface area (Å²) in [6, 6.07) is 5.81.